The van der Waals surface area contributed by atoms with Gasteiger partial charge < -0.3 is 4.90 Å². The Kier molecular flexibility index (Phi) is 6.99. The lowest BCUT2D eigenvalue weighted by molar-refractivity contribution is 1.27. The molecule has 4 heteroatoms. The topological polar surface area (TPSA) is 29.0 Å². The molecule has 0 atom stereocenters. The van der Waals surface area contributed by atoms with Gasteiger partial charge in [0.1, 0.15) is 0 Å². The molecule has 9 rings (SSSR count). The first-order valence-corrected chi connectivity index (χ1v) is 16.9. The van der Waals surface area contributed by atoms with Gasteiger partial charge in [0.15, 0.2) is 0 Å². The molecule has 2 aromatic heterocycles. The molecule has 0 bridgehead atoms. The van der Waals surface area contributed by atoms with Crippen LogP contribution in [0.5, 0.6) is 0 Å². The first-order chi connectivity index (χ1) is 23.8. The summed E-state index contributed by atoms with van der Waals surface area (Å²) >= 11 is 1.85. The van der Waals surface area contributed by atoms with E-state index in [-0.39, 0.29) is 0 Å². The molecular weight excluding hydrogens is 603 g/mol. The molecule has 0 radical (unpaired) electrons. The molecule has 0 saturated carbocycles. The number of thiophene rings is 1. The maximum atomic E-state index is 5.24. The second-order valence-corrected chi connectivity index (χ2v) is 12.9. The van der Waals surface area contributed by atoms with Gasteiger partial charge in [-0.3, -0.25) is 0 Å². The van der Waals surface area contributed by atoms with E-state index in [0.717, 1.165) is 50.6 Å². The van der Waals surface area contributed by atoms with Crippen LogP contribution >= 0.6 is 11.3 Å². The summed E-state index contributed by atoms with van der Waals surface area (Å²) in [5.41, 5.74) is 11.2. The summed E-state index contributed by atoms with van der Waals surface area (Å²) in [6, 6.07) is 61.8. The van der Waals surface area contributed by atoms with E-state index in [0.29, 0.717) is 0 Å². The molecule has 0 aliphatic carbocycles. The lowest BCUT2D eigenvalue weighted by Gasteiger charge is -2.26. The van der Waals surface area contributed by atoms with Gasteiger partial charge in [-0.2, -0.15) is 0 Å². The fourth-order valence-corrected chi connectivity index (χ4v) is 7.75. The van der Waals surface area contributed by atoms with Crippen LogP contribution < -0.4 is 4.90 Å². The molecule has 0 aliphatic rings. The molecule has 0 aliphatic heterocycles. The van der Waals surface area contributed by atoms with Crippen molar-refractivity contribution in [2.45, 2.75) is 0 Å². The van der Waals surface area contributed by atoms with E-state index in [1.54, 1.807) is 0 Å². The third-order valence-corrected chi connectivity index (χ3v) is 9.99. The standard InChI is InChI=1S/C44H29N3S/c1-3-14-33(15-4-1)47(34-16-5-2-6-17-34)35-18-11-13-32(29-35)44-43(45-38-21-8-9-22-39(38)46-44)31-27-25-30(26-28-31)36-20-12-24-41-42(36)37-19-7-10-23-40(37)48-41/h1-29H. The molecule has 7 aromatic carbocycles. The zero-order chi connectivity index (χ0) is 31.9. The highest BCUT2D eigenvalue weighted by Gasteiger charge is 2.18. The predicted molar refractivity (Wildman–Crippen MR) is 203 cm³/mol. The summed E-state index contributed by atoms with van der Waals surface area (Å²) < 4.78 is 2.62. The number of fused-ring (bicyclic) bond motifs is 4. The van der Waals surface area contributed by atoms with Crippen LogP contribution in [0.2, 0.25) is 0 Å². The third kappa shape index (κ3) is 5.00. The zero-order valence-corrected chi connectivity index (χ0v) is 26.8. The molecular formula is C44H29N3S. The fourth-order valence-electron chi connectivity index (χ4n) is 6.62. The van der Waals surface area contributed by atoms with E-state index >= 15 is 0 Å². The smallest absolute Gasteiger partial charge is 0.0973 e. The van der Waals surface area contributed by atoms with Crippen molar-refractivity contribution in [1.82, 2.24) is 9.97 Å². The minimum atomic E-state index is 0.857. The van der Waals surface area contributed by atoms with Crippen molar-refractivity contribution in [2.24, 2.45) is 0 Å². The summed E-state index contributed by atoms with van der Waals surface area (Å²) in [4.78, 5) is 12.7. The van der Waals surface area contributed by atoms with Gasteiger partial charge in [0.2, 0.25) is 0 Å². The van der Waals surface area contributed by atoms with E-state index in [4.69, 9.17) is 9.97 Å². The average Bonchev–Trinajstić information content (AvgIpc) is 3.55. The van der Waals surface area contributed by atoms with Gasteiger partial charge in [0.25, 0.3) is 0 Å². The SMILES string of the molecule is c1ccc(N(c2ccccc2)c2cccc(-c3nc4ccccc4nc3-c3ccc(-c4cccc5sc6ccccc6c45)cc3)c2)cc1. The fraction of sp³-hybridized carbons (Fsp3) is 0. The Morgan fingerprint density at radius 2 is 0.938 bits per heavy atom. The minimum Gasteiger partial charge on any atom is -0.310 e. The lowest BCUT2D eigenvalue weighted by atomic mass is 9.97. The van der Waals surface area contributed by atoms with E-state index in [1.165, 1.54) is 31.3 Å². The van der Waals surface area contributed by atoms with Crippen LogP contribution in [0, 0.1) is 0 Å². The van der Waals surface area contributed by atoms with Gasteiger partial charge in [-0.1, -0.05) is 115 Å². The second-order valence-electron chi connectivity index (χ2n) is 11.8. The van der Waals surface area contributed by atoms with Gasteiger partial charge in [-0.05, 0) is 71.8 Å². The van der Waals surface area contributed by atoms with Crippen LogP contribution in [0.25, 0.3) is 64.8 Å². The molecule has 48 heavy (non-hydrogen) atoms. The molecule has 3 nitrogen and oxygen atoms in total. The molecule has 2 heterocycles. The minimum absolute atomic E-state index is 0.857. The number of para-hydroxylation sites is 4. The number of hydrogen-bond acceptors (Lipinski definition) is 4. The summed E-state index contributed by atoms with van der Waals surface area (Å²) in [6.07, 6.45) is 0. The molecule has 0 saturated heterocycles. The van der Waals surface area contributed by atoms with Crippen LogP contribution in [0.4, 0.5) is 17.1 Å². The van der Waals surface area contributed by atoms with E-state index in [2.05, 4.69) is 144 Å². The van der Waals surface area contributed by atoms with Crippen molar-refractivity contribution in [3.05, 3.63) is 176 Å². The van der Waals surface area contributed by atoms with Gasteiger partial charge in [0.05, 0.1) is 22.4 Å². The number of aromatic nitrogens is 2. The maximum Gasteiger partial charge on any atom is 0.0973 e. The van der Waals surface area contributed by atoms with Crippen LogP contribution in [-0.4, -0.2) is 9.97 Å². The molecule has 9 aromatic rings. The highest BCUT2D eigenvalue weighted by atomic mass is 32.1. The molecule has 0 spiro atoms. The molecule has 0 amide bonds. The summed E-state index contributed by atoms with van der Waals surface area (Å²) in [6.45, 7) is 0. The summed E-state index contributed by atoms with van der Waals surface area (Å²) in [5.74, 6) is 0. The molecule has 226 valence electrons. The highest BCUT2D eigenvalue weighted by molar-refractivity contribution is 7.25. The third-order valence-electron chi connectivity index (χ3n) is 8.85. The van der Waals surface area contributed by atoms with Gasteiger partial charge in [0, 0.05) is 48.4 Å². The number of anilines is 3. The Labute approximate surface area is 283 Å². The van der Waals surface area contributed by atoms with Gasteiger partial charge in [-0.25, -0.2) is 9.97 Å². The van der Waals surface area contributed by atoms with Crippen molar-refractivity contribution in [1.29, 1.82) is 0 Å². The van der Waals surface area contributed by atoms with E-state index in [1.807, 2.05) is 47.7 Å². The van der Waals surface area contributed by atoms with E-state index < -0.39 is 0 Å². The zero-order valence-electron chi connectivity index (χ0n) is 26.0. The van der Waals surface area contributed by atoms with E-state index in [9.17, 15) is 0 Å². The Hall–Kier alpha value is -6.10. The summed E-state index contributed by atoms with van der Waals surface area (Å²) in [7, 11) is 0. The van der Waals surface area contributed by atoms with Gasteiger partial charge in [-0.15, -0.1) is 11.3 Å². The monoisotopic (exact) mass is 631 g/mol. The van der Waals surface area contributed by atoms with Crippen LogP contribution in [0.15, 0.2) is 176 Å². The molecule has 0 unspecified atom stereocenters. The quantitative estimate of drug-likeness (QED) is 0.183. The van der Waals surface area contributed by atoms with Gasteiger partial charge >= 0.3 is 0 Å². The Bertz CT molecular complexity index is 2520. The first kappa shape index (κ1) is 28.1. The Morgan fingerprint density at radius 1 is 0.396 bits per heavy atom. The second kappa shape index (κ2) is 11.9. The number of benzene rings is 7. The number of nitrogens with zero attached hydrogens (tertiary/aromatic N) is 3. The molecule has 0 fully saturated rings. The first-order valence-electron chi connectivity index (χ1n) is 16.1. The van der Waals surface area contributed by atoms with Crippen LogP contribution in [0.1, 0.15) is 0 Å². The van der Waals surface area contributed by atoms with Crippen molar-refractivity contribution < 1.29 is 0 Å². The average molecular weight is 632 g/mol. The van der Waals surface area contributed by atoms with Crippen molar-refractivity contribution >= 4 is 59.6 Å². The lowest BCUT2D eigenvalue weighted by Crippen LogP contribution is -2.09. The molecule has 0 N–H and O–H groups in total. The Morgan fingerprint density at radius 3 is 1.65 bits per heavy atom. The van der Waals surface area contributed by atoms with Crippen molar-refractivity contribution in [3.63, 3.8) is 0 Å². The predicted octanol–water partition coefficient (Wildman–Crippen LogP) is 12.5. The van der Waals surface area contributed by atoms with Crippen LogP contribution in [0.3, 0.4) is 0 Å². The highest BCUT2D eigenvalue weighted by Crippen LogP contribution is 2.41. The number of rotatable bonds is 6. The van der Waals surface area contributed by atoms with Crippen LogP contribution in [-0.2, 0) is 0 Å². The van der Waals surface area contributed by atoms with Crippen molar-refractivity contribution in [2.75, 3.05) is 4.90 Å². The summed E-state index contributed by atoms with van der Waals surface area (Å²) in [5, 5.41) is 2.62. The Balaban J connectivity index is 1.18. The maximum absolute atomic E-state index is 5.24. The largest absolute Gasteiger partial charge is 0.310 e. The number of hydrogen-bond donors (Lipinski definition) is 0. The van der Waals surface area contributed by atoms with Crippen molar-refractivity contribution in [3.8, 4) is 33.6 Å². The normalized spacial score (nSPS) is 11.3.